The van der Waals surface area contributed by atoms with E-state index in [0.29, 0.717) is 0 Å². The monoisotopic (exact) mass is 371 g/mol. The normalized spacial score (nSPS) is 17.7. The van der Waals surface area contributed by atoms with Gasteiger partial charge in [-0.05, 0) is 19.2 Å². The number of aromatic nitrogens is 3. The maximum absolute atomic E-state index is 4.42. The summed E-state index contributed by atoms with van der Waals surface area (Å²) in [6.45, 7) is 20.0. The van der Waals surface area contributed by atoms with Gasteiger partial charge in [0.1, 0.15) is 5.82 Å². The molecule has 5 heteroatoms. The molecule has 5 nitrogen and oxygen atoms in total. The van der Waals surface area contributed by atoms with Gasteiger partial charge in [0.05, 0.1) is 6.54 Å². The number of imidazole rings is 1. The van der Waals surface area contributed by atoms with Gasteiger partial charge in [0.15, 0.2) is 0 Å². The third-order valence-corrected chi connectivity index (χ3v) is 5.48. The molecule has 2 aromatic rings. The molecule has 0 bridgehead atoms. The number of likely N-dealkylation sites (N-methyl/N-ethyl adjacent to an activating group) is 1. The predicted molar refractivity (Wildman–Crippen MR) is 112 cm³/mol. The first-order valence-corrected chi connectivity index (χ1v) is 10.2. The molecule has 1 N–H and O–H groups in total. The molecule has 0 aliphatic carbocycles. The van der Waals surface area contributed by atoms with Gasteiger partial charge in [-0.25, -0.2) is 4.98 Å². The largest absolute Gasteiger partial charge is 0.346 e. The van der Waals surface area contributed by atoms with Gasteiger partial charge >= 0.3 is 0 Å². The first-order valence-electron chi connectivity index (χ1n) is 10.2. The molecule has 4 heterocycles. The van der Waals surface area contributed by atoms with Gasteiger partial charge < -0.3 is 14.5 Å². The van der Waals surface area contributed by atoms with E-state index in [0.717, 1.165) is 32.7 Å². The first kappa shape index (κ1) is 20.2. The fraction of sp³-hybridized carbons (Fsp3) is 0.682. The molecule has 0 amide bonds. The summed E-state index contributed by atoms with van der Waals surface area (Å²) in [4.78, 5) is 6.80. The molecule has 27 heavy (non-hydrogen) atoms. The van der Waals surface area contributed by atoms with Gasteiger partial charge in [0, 0.05) is 66.8 Å². The molecule has 2 aromatic heterocycles. The topological polar surface area (TPSA) is 38.0 Å². The second kappa shape index (κ2) is 7.44. The van der Waals surface area contributed by atoms with Crippen molar-refractivity contribution in [1.29, 1.82) is 0 Å². The average Bonchev–Trinajstić information content (AvgIpc) is 3.18. The van der Waals surface area contributed by atoms with Crippen molar-refractivity contribution < 1.29 is 0 Å². The van der Waals surface area contributed by atoms with E-state index in [-0.39, 0.29) is 10.8 Å². The maximum atomic E-state index is 4.42. The van der Waals surface area contributed by atoms with Crippen LogP contribution in [-0.2, 0) is 37.0 Å². The SMILES string of the molecule is CC(C)(C)c1cnc2n1CCNC2.CN1CCn2c(ccc2C(C)(C)C)C1. The Morgan fingerprint density at radius 3 is 2.26 bits per heavy atom. The summed E-state index contributed by atoms with van der Waals surface area (Å²) >= 11 is 0. The molecular formula is C22H37N5. The van der Waals surface area contributed by atoms with Gasteiger partial charge in [0.25, 0.3) is 0 Å². The van der Waals surface area contributed by atoms with Crippen LogP contribution in [0.5, 0.6) is 0 Å². The summed E-state index contributed by atoms with van der Waals surface area (Å²) in [7, 11) is 2.19. The standard InChI is InChI=1S/C12H20N2.C10H17N3/c1-12(2,3)11-6-5-10-9-13(4)7-8-14(10)11;1-10(2,3)8-6-12-9-7-11-4-5-13(8)9/h5-6H,7-9H2,1-4H3;6,11H,4-5,7H2,1-3H3. The Bertz CT molecular complexity index is 770. The van der Waals surface area contributed by atoms with E-state index < -0.39 is 0 Å². The summed E-state index contributed by atoms with van der Waals surface area (Å²) in [6, 6.07) is 4.56. The number of nitrogens with zero attached hydrogens (tertiary/aromatic N) is 4. The Balaban J connectivity index is 0.000000156. The smallest absolute Gasteiger partial charge is 0.122 e. The predicted octanol–water partition coefficient (Wildman–Crippen LogP) is 3.51. The molecular weight excluding hydrogens is 334 g/mol. The number of hydrogen-bond acceptors (Lipinski definition) is 3. The highest BCUT2D eigenvalue weighted by atomic mass is 15.2. The quantitative estimate of drug-likeness (QED) is 0.770. The van der Waals surface area contributed by atoms with E-state index in [1.165, 1.54) is 29.5 Å². The molecule has 0 aromatic carbocycles. The minimum Gasteiger partial charge on any atom is -0.346 e. The number of nitrogens with one attached hydrogen (secondary N) is 1. The average molecular weight is 372 g/mol. The van der Waals surface area contributed by atoms with Crippen LogP contribution in [0.4, 0.5) is 0 Å². The van der Waals surface area contributed by atoms with E-state index in [1.54, 1.807) is 0 Å². The Morgan fingerprint density at radius 1 is 0.889 bits per heavy atom. The summed E-state index contributed by atoms with van der Waals surface area (Å²) in [5.74, 6) is 1.18. The van der Waals surface area contributed by atoms with Gasteiger partial charge in [0.2, 0.25) is 0 Å². The third-order valence-electron chi connectivity index (χ3n) is 5.48. The second-order valence-electron chi connectivity index (χ2n) is 9.99. The van der Waals surface area contributed by atoms with E-state index in [2.05, 4.69) is 85.1 Å². The minimum atomic E-state index is 0.211. The van der Waals surface area contributed by atoms with Crippen molar-refractivity contribution in [2.24, 2.45) is 0 Å². The van der Waals surface area contributed by atoms with E-state index >= 15 is 0 Å². The lowest BCUT2D eigenvalue weighted by Gasteiger charge is -2.29. The van der Waals surface area contributed by atoms with Gasteiger partial charge in [-0.15, -0.1) is 0 Å². The van der Waals surface area contributed by atoms with E-state index in [4.69, 9.17) is 0 Å². The maximum Gasteiger partial charge on any atom is 0.122 e. The van der Waals surface area contributed by atoms with Crippen LogP contribution in [0.1, 0.15) is 64.4 Å². The van der Waals surface area contributed by atoms with Gasteiger partial charge in [-0.2, -0.15) is 0 Å². The molecule has 0 spiro atoms. The second-order valence-corrected chi connectivity index (χ2v) is 9.99. The molecule has 150 valence electrons. The van der Waals surface area contributed by atoms with Crippen molar-refractivity contribution in [3.63, 3.8) is 0 Å². The molecule has 0 atom stereocenters. The molecule has 0 saturated heterocycles. The Morgan fingerprint density at radius 2 is 1.59 bits per heavy atom. The zero-order valence-electron chi connectivity index (χ0n) is 18.3. The van der Waals surface area contributed by atoms with Crippen molar-refractivity contribution in [2.75, 3.05) is 20.1 Å². The highest BCUT2D eigenvalue weighted by Gasteiger charge is 2.23. The number of fused-ring (bicyclic) bond motifs is 2. The van der Waals surface area contributed by atoms with Gasteiger partial charge in [-0.1, -0.05) is 41.5 Å². The first-order chi connectivity index (χ1) is 12.6. The number of rotatable bonds is 0. The van der Waals surface area contributed by atoms with Crippen molar-refractivity contribution in [3.05, 3.63) is 41.2 Å². The fourth-order valence-electron chi connectivity index (χ4n) is 3.99. The molecule has 0 saturated carbocycles. The highest BCUT2D eigenvalue weighted by Crippen LogP contribution is 2.27. The van der Waals surface area contributed by atoms with Crippen molar-refractivity contribution in [3.8, 4) is 0 Å². The van der Waals surface area contributed by atoms with E-state index in [1.807, 2.05) is 6.20 Å². The summed E-state index contributed by atoms with van der Waals surface area (Å²) in [6.07, 6.45) is 2.02. The van der Waals surface area contributed by atoms with Crippen molar-refractivity contribution in [2.45, 2.75) is 78.6 Å². The lowest BCUT2D eigenvalue weighted by molar-refractivity contribution is 0.263. The Labute approximate surface area is 164 Å². The molecule has 0 unspecified atom stereocenters. The molecule has 4 rings (SSSR count). The molecule has 2 aliphatic heterocycles. The lowest BCUT2D eigenvalue weighted by atomic mass is 9.92. The van der Waals surface area contributed by atoms with Crippen LogP contribution < -0.4 is 5.32 Å². The van der Waals surface area contributed by atoms with Crippen LogP contribution in [0.15, 0.2) is 18.3 Å². The summed E-state index contributed by atoms with van der Waals surface area (Å²) in [5.41, 5.74) is 4.77. The number of hydrogen-bond donors (Lipinski definition) is 1. The van der Waals surface area contributed by atoms with Crippen LogP contribution in [0.2, 0.25) is 0 Å². The van der Waals surface area contributed by atoms with Crippen LogP contribution in [0, 0.1) is 0 Å². The van der Waals surface area contributed by atoms with Crippen molar-refractivity contribution in [1.82, 2.24) is 24.3 Å². The van der Waals surface area contributed by atoms with Crippen LogP contribution in [0.25, 0.3) is 0 Å². The van der Waals surface area contributed by atoms with Crippen LogP contribution in [0.3, 0.4) is 0 Å². The summed E-state index contributed by atoms with van der Waals surface area (Å²) in [5, 5.41) is 3.32. The minimum absolute atomic E-state index is 0.211. The Hall–Kier alpha value is -1.59. The molecule has 2 aliphatic rings. The zero-order chi connectivity index (χ0) is 19.8. The van der Waals surface area contributed by atoms with Crippen LogP contribution in [-0.4, -0.2) is 39.2 Å². The summed E-state index contributed by atoms with van der Waals surface area (Å²) < 4.78 is 4.83. The lowest BCUT2D eigenvalue weighted by Crippen LogP contribution is -2.32. The Kier molecular flexibility index (Phi) is 5.55. The van der Waals surface area contributed by atoms with E-state index in [9.17, 15) is 0 Å². The highest BCUT2D eigenvalue weighted by molar-refractivity contribution is 5.23. The van der Waals surface area contributed by atoms with Gasteiger partial charge in [-0.3, -0.25) is 4.90 Å². The zero-order valence-corrected chi connectivity index (χ0v) is 18.3. The van der Waals surface area contributed by atoms with Crippen molar-refractivity contribution >= 4 is 0 Å². The third kappa shape index (κ3) is 4.46. The van der Waals surface area contributed by atoms with Crippen LogP contribution >= 0.6 is 0 Å². The molecule has 0 fully saturated rings. The fourth-order valence-corrected chi connectivity index (χ4v) is 3.99. The molecule has 0 radical (unpaired) electrons.